The Bertz CT molecular complexity index is 641. The van der Waals surface area contributed by atoms with E-state index in [-0.39, 0.29) is 6.04 Å². The number of hydrogen-bond acceptors (Lipinski definition) is 5. The fourth-order valence-corrected chi connectivity index (χ4v) is 3.97. The van der Waals surface area contributed by atoms with Crippen LogP contribution in [0, 0.1) is 12.8 Å². The Morgan fingerprint density at radius 1 is 1.16 bits per heavy atom. The molecule has 31 heavy (non-hydrogen) atoms. The number of hydrogen-bond donors (Lipinski definition) is 2. The fraction of sp³-hybridized carbons (Fsp3) is 0.708. The summed E-state index contributed by atoms with van der Waals surface area (Å²) < 4.78 is 16.8. The first kappa shape index (κ1) is 24.0. The zero-order valence-electron chi connectivity index (χ0n) is 19.3. The molecule has 174 valence electrons. The van der Waals surface area contributed by atoms with Gasteiger partial charge >= 0.3 is 0 Å². The molecule has 0 aromatic heterocycles. The molecule has 2 unspecified atom stereocenters. The Labute approximate surface area is 187 Å². The second-order valence-electron chi connectivity index (χ2n) is 8.38. The number of morpholine rings is 1. The van der Waals surface area contributed by atoms with E-state index < -0.39 is 0 Å². The van der Waals surface area contributed by atoms with Crippen LogP contribution in [-0.4, -0.2) is 83.2 Å². The molecule has 7 nitrogen and oxygen atoms in total. The highest BCUT2D eigenvalue weighted by Gasteiger charge is 2.22. The monoisotopic (exact) mass is 432 g/mol. The van der Waals surface area contributed by atoms with Crippen LogP contribution in [0.5, 0.6) is 0 Å². The third-order valence-electron chi connectivity index (χ3n) is 5.85. The smallest absolute Gasteiger partial charge is 0.191 e. The van der Waals surface area contributed by atoms with Crippen LogP contribution in [0.3, 0.4) is 0 Å². The molecule has 2 saturated heterocycles. The van der Waals surface area contributed by atoms with Crippen molar-refractivity contribution in [1.82, 2.24) is 15.5 Å². The van der Waals surface area contributed by atoms with Crippen molar-refractivity contribution in [2.45, 2.75) is 32.7 Å². The van der Waals surface area contributed by atoms with Gasteiger partial charge in [0.2, 0.25) is 0 Å². The van der Waals surface area contributed by atoms with E-state index in [0.29, 0.717) is 5.92 Å². The minimum atomic E-state index is 0.261. The van der Waals surface area contributed by atoms with Gasteiger partial charge in [-0.05, 0) is 32.3 Å². The van der Waals surface area contributed by atoms with Gasteiger partial charge in [-0.1, -0.05) is 29.8 Å². The summed E-state index contributed by atoms with van der Waals surface area (Å²) in [6.45, 7) is 13.4. The summed E-state index contributed by atoms with van der Waals surface area (Å²) in [4.78, 5) is 7.41. The van der Waals surface area contributed by atoms with Crippen LogP contribution in [0.2, 0.25) is 0 Å². The standard InChI is InChI=1S/C24H40N4O3/c1-3-25-24(26-10-4-13-30-18-21-9-14-31-19-21)27-17-23(28-11-15-29-16-12-28)22-7-5-20(2)6-8-22/h5-8,21,23H,3-4,9-19H2,1-2H3,(H2,25,26,27). The minimum Gasteiger partial charge on any atom is -0.381 e. The molecular weight excluding hydrogens is 392 g/mol. The molecule has 0 radical (unpaired) electrons. The first-order valence-electron chi connectivity index (χ1n) is 11.8. The largest absolute Gasteiger partial charge is 0.381 e. The highest BCUT2D eigenvalue weighted by molar-refractivity contribution is 5.79. The van der Waals surface area contributed by atoms with Crippen molar-refractivity contribution in [3.05, 3.63) is 35.4 Å². The third kappa shape index (κ3) is 8.41. The Morgan fingerprint density at radius 3 is 2.68 bits per heavy atom. The first-order chi connectivity index (χ1) is 15.3. The van der Waals surface area contributed by atoms with Crippen LogP contribution in [0.15, 0.2) is 29.3 Å². The Kier molecular flexibility index (Phi) is 10.6. The summed E-state index contributed by atoms with van der Waals surface area (Å²) in [5.41, 5.74) is 2.60. The van der Waals surface area contributed by atoms with E-state index in [1.807, 2.05) is 0 Å². The molecule has 3 rings (SSSR count). The van der Waals surface area contributed by atoms with Crippen molar-refractivity contribution < 1.29 is 14.2 Å². The second kappa shape index (κ2) is 13.7. The second-order valence-corrected chi connectivity index (χ2v) is 8.38. The molecule has 7 heteroatoms. The van der Waals surface area contributed by atoms with Crippen molar-refractivity contribution in [3.8, 4) is 0 Å². The molecule has 2 aliphatic heterocycles. The molecule has 2 fully saturated rings. The normalized spacial score (nSPS) is 21.2. The fourth-order valence-electron chi connectivity index (χ4n) is 3.97. The molecule has 2 N–H and O–H groups in total. The first-order valence-corrected chi connectivity index (χ1v) is 11.8. The SMILES string of the molecule is CCNC(=NCC(c1ccc(C)cc1)N1CCOCC1)NCCCOCC1CCOC1. The predicted octanol–water partition coefficient (Wildman–Crippen LogP) is 2.37. The lowest BCUT2D eigenvalue weighted by Gasteiger charge is -2.34. The van der Waals surface area contributed by atoms with Crippen LogP contribution in [-0.2, 0) is 14.2 Å². The topological polar surface area (TPSA) is 67.4 Å². The maximum atomic E-state index is 5.81. The molecule has 0 bridgehead atoms. The molecule has 2 aliphatic rings. The van der Waals surface area contributed by atoms with Gasteiger partial charge in [-0.3, -0.25) is 9.89 Å². The van der Waals surface area contributed by atoms with Crippen LogP contribution >= 0.6 is 0 Å². The van der Waals surface area contributed by atoms with Crippen molar-refractivity contribution >= 4 is 5.96 Å². The maximum absolute atomic E-state index is 5.81. The Morgan fingerprint density at radius 2 is 1.97 bits per heavy atom. The lowest BCUT2D eigenvalue weighted by Crippen LogP contribution is -2.42. The van der Waals surface area contributed by atoms with Gasteiger partial charge in [0.05, 0.1) is 39.0 Å². The van der Waals surface area contributed by atoms with E-state index in [0.717, 1.165) is 91.2 Å². The molecule has 1 aromatic carbocycles. The van der Waals surface area contributed by atoms with Crippen LogP contribution in [0.25, 0.3) is 0 Å². The summed E-state index contributed by atoms with van der Waals surface area (Å²) in [6.07, 6.45) is 2.09. The summed E-state index contributed by atoms with van der Waals surface area (Å²) in [5.74, 6) is 1.45. The van der Waals surface area contributed by atoms with Gasteiger partial charge < -0.3 is 24.8 Å². The van der Waals surface area contributed by atoms with Gasteiger partial charge in [0, 0.05) is 45.3 Å². The number of ether oxygens (including phenoxy) is 3. The lowest BCUT2D eigenvalue weighted by molar-refractivity contribution is 0.0179. The predicted molar refractivity (Wildman–Crippen MR) is 125 cm³/mol. The molecule has 1 aromatic rings. The molecular formula is C24H40N4O3. The van der Waals surface area contributed by atoms with Gasteiger partial charge in [-0.2, -0.15) is 0 Å². The number of benzene rings is 1. The number of nitrogens with one attached hydrogen (secondary N) is 2. The average molecular weight is 433 g/mol. The van der Waals surface area contributed by atoms with Crippen molar-refractivity contribution in [2.24, 2.45) is 10.9 Å². The van der Waals surface area contributed by atoms with Gasteiger partial charge in [0.15, 0.2) is 5.96 Å². The van der Waals surface area contributed by atoms with Crippen LogP contribution in [0.4, 0.5) is 0 Å². The molecule has 2 atom stereocenters. The van der Waals surface area contributed by atoms with Crippen molar-refractivity contribution in [1.29, 1.82) is 0 Å². The minimum absolute atomic E-state index is 0.261. The number of nitrogens with zero attached hydrogens (tertiary/aromatic N) is 2. The van der Waals surface area contributed by atoms with Gasteiger partial charge in [0.25, 0.3) is 0 Å². The zero-order chi connectivity index (χ0) is 21.7. The highest BCUT2D eigenvalue weighted by Crippen LogP contribution is 2.23. The van der Waals surface area contributed by atoms with Crippen LogP contribution in [0.1, 0.15) is 36.9 Å². The Balaban J connectivity index is 1.49. The molecule has 0 amide bonds. The highest BCUT2D eigenvalue weighted by atomic mass is 16.5. The van der Waals surface area contributed by atoms with E-state index >= 15 is 0 Å². The summed E-state index contributed by atoms with van der Waals surface area (Å²) >= 11 is 0. The van der Waals surface area contributed by atoms with E-state index in [1.165, 1.54) is 11.1 Å². The molecule has 2 heterocycles. The summed E-state index contributed by atoms with van der Waals surface area (Å²) in [6, 6.07) is 9.11. The average Bonchev–Trinajstić information content (AvgIpc) is 3.31. The summed E-state index contributed by atoms with van der Waals surface area (Å²) in [5, 5.41) is 6.83. The summed E-state index contributed by atoms with van der Waals surface area (Å²) in [7, 11) is 0. The zero-order valence-corrected chi connectivity index (χ0v) is 19.3. The van der Waals surface area contributed by atoms with E-state index in [2.05, 4.69) is 53.6 Å². The Hall–Kier alpha value is -1.67. The number of rotatable bonds is 11. The lowest BCUT2D eigenvalue weighted by atomic mass is 10.0. The van der Waals surface area contributed by atoms with E-state index in [9.17, 15) is 0 Å². The maximum Gasteiger partial charge on any atom is 0.191 e. The van der Waals surface area contributed by atoms with E-state index in [1.54, 1.807) is 0 Å². The number of guanidine groups is 1. The van der Waals surface area contributed by atoms with Crippen molar-refractivity contribution in [3.63, 3.8) is 0 Å². The number of aliphatic imine (C=N–C) groups is 1. The van der Waals surface area contributed by atoms with Gasteiger partial charge in [-0.15, -0.1) is 0 Å². The number of aryl methyl sites for hydroxylation is 1. The van der Waals surface area contributed by atoms with Crippen LogP contribution < -0.4 is 10.6 Å². The third-order valence-corrected chi connectivity index (χ3v) is 5.85. The quantitative estimate of drug-likeness (QED) is 0.318. The molecule has 0 spiro atoms. The molecule has 0 saturated carbocycles. The van der Waals surface area contributed by atoms with Crippen molar-refractivity contribution in [2.75, 3.05) is 72.4 Å². The molecule has 0 aliphatic carbocycles. The van der Waals surface area contributed by atoms with Gasteiger partial charge in [-0.25, -0.2) is 0 Å². The van der Waals surface area contributed by atoms with E-state index in [4.69, 9.17) is 19.2 Å². The van der Waals surface area contributed by atoms with Gasteiger partial charge in [0.1, 0.15) is 0 Å².